The molecule has 0 aromatic carbocycles. The minimum Gasteiger partial charge on any atom is -0.306 e. The zero-order valence-electron chi connectivity index (χ0n) is 10.2. The lowest BCUT2D eigenvalue weighted by Crippen LogP contribution is -2.16. The van der Waals surface area contributed by atoms with Crippen LogP contribution in [-0.4, -0.2) is 15.0 Å². The van der Waals surface area contributed by atoms with Gasteiger partial charge in [0.05, 0.1) is 5.69 Å². The average molecular weight is 229 g/mol. The molecule has 0 atom stereocenters. The predicted octanol–water partition coefficient (Wildman–Crippen LogP) is 2.01. The van der Waals surface area contributed by atoms with Gasteiger partial charge in [-0.3, -0.25) is 9.78 Å². The SMILES string of the molecule is CCc1nc(-c2cnccc2C)[nH]c(=O)c1C. The lowest BCUT2D eigenvalue weighted by Gasteiger charge is -2.07. The van der Waals surface area contributed by atoms with Crippen LogP contribution in [0.3, 0.4) is 0 Å². The van der Waals surface area contributed by atoms with Gasteiger partial charge in [-0.2, -0.15) is 0 Å². The molecule has 0 aliphatic carbocycles. The van der Waals surface area contributed by atoms with E-state index in [1.807, 2.05) is 19.9 Å². The summed E-state index contributed by atoms with van der Waals surface area (Å²) < 4.78 is 0. The summed E-state index contributed by atoms with van der Waals surface area (Å²) in [4.78, 5) is 23.1. The van der Waals surface area contributed by atoms with E-state index >= 15 is 0 Å². The monoisotopic (exact) mass is 229 g/mol. The van der Waals surface area contributed by atoms with E-state index in [0.29, 0.717) is 11.4 Å². The Labute approximate surface area is 99.8 Å². The van der Waals surface area contributed by atoms with Crippen LogP contribution >= 0.6 is 0 Å². The van der Waals surface area contributed by atoms with E-state index < -0.39 is 0 Å². The standard InChI is InChI=1S/C13H15N3O/c1-4-11-9(3)13(17)16-12(15-11)10-7-14-6-5-8(10)2/h5-7H,4H2,1-3H3,(H,15,16,17). The van der Waals surface area contributed by atoms with E-state index in [0.717, 1.165) is 23.2 Å². The van der Waals surface area contributed by atoms with Crippen molar-refractivity contribution in [3.63, 3.8) is 0 Å². The molecule has 0 spiro atoms. The smallest absolute Gasteiger partial charge is 0.254 e. The predicted molar refractivity (Wildman–Crippen MR) is 66.9 cm³/mol. The highest BCUT2D eigenvalue weighted by molar-refractivity contribution is 5.58. The number of H-pyrrole nitrogens is 1. The van der Waals surface area contributed by atoms with Crippen LogP contribution in [0.2, 0.25) is 0 Å². The Hall–Kier alpha value is -1.97. The Morgan fingerprint density at radius 3 is 2.76 bits per heavy atom. The molecule has 88 valence electrons. The fraction of sp³-hybridized carbons (Fsp3) is 0.308. The quantitative estimate of drug-likeness (QED) is 0.857. The van der Waals surface area contributed by atoms with Crippen molar-refractivity contribution in [2.24, 2.45) is 0 Å². The van der Waals surface area contributed by atoms with E-state index in [2.05, 4.69) is 15.0 Å². The second-order valence-corrected chi connectivity index (χ2v) is 4.03. The first-order chi connectivity index (χ1) is 8.13. The molecule has 0 fully saturated rings. The molecular weight excluding hydrogens is 214 g/mol. The molecule has 2 aromatic rings. The minimum absolute atomic E-state index is 0.0740. The average Bonchev–Trinajstić information content (AvgIpc) is 2.33. The molecule has 0 radical (unpaired) electrons. The summed E-state index contributed by atoms with van der Waals surface area (Å²) in [5.74, 6) is 0.600. The van der Waals surface area contributed by atoms with Crippen LogP contribution in [0.4, 0.5) is 0 Å². The third-order valence-corrected chi connectivity index (χ3v) is 2.88. The molecule has 2 rings (SSSR count). The van der Waals surface area contributed by atoms with E-state index in [-0.39, 0.29) is 5.56 Å². The molecule has 0 saturated heterocycles. The molecule has 0 amide bonds. The van der Waals surface area contributed by atoms with Crippen molar-refractivity contribution in [1.82, 2.24) is 15.0 Å². The van der Waals surface area contributed by atoms with Gasteiger partial charge in [0, 0.05) is 23.5 Å². The highest BCUT2D eigenvalue weighted by Gasteiger charge is 2.09. The Morgan fingerprint density at radius 2 is 2.12 bits per heavy atom. The van der Waals surface area contributed by atoms with Crippen molar-refractivity contribution in [2.75, 3.05) is 0 Å². The molecular formula is C13H15N3O. The van der Waals surface area contributed by atoms with Crippen molar-refractivity contribution in [2.45, 2.75) is 27.2 Å². The van der Waals surface area contributed by atoms with Gasteiger partial charge in [-0.1, -0.05) is 6.92 Å². The Bertz CT molecular complexity index is 602. The van der Waals surface area contributed by atoms with Gasteiger partial charge in [0.25, 0.3) is 5.56 Å². The Balaban J connectivity index is 2.66. The van der Waals surface area contributed by atoms with Gasteiger partial charge in [0.15, 0.2) is 0 Å². The number of rotatable bonds is 2. The van der Waals surface area contributed by atoms with Crippen LogP contribution in [0.1, 0.15) is 23.7 Å². The van der Waals surface area contributed by atoms with Gasteiger partial charge < -0.3 is 4.98 Å². The van der Waals surface area contributed by atoms with Crippen LogP contribution in [-0.2, 0) is 6.42 Å². The number of nitrogens with zero attached hydrogens (tertiary/aromatic N) is 2. The Kier molecular flexibility index (Phi) is 3.04. The molecule has 0 saturated carbocycles. The number of pyridine rings is 1. The van der Waals surface area contributed by atoms with E-state index in [1.165, 1.54) is 0 Å². The van der Waals surface area contributed by atoms with E-state index in [9.17, 15) is 4.79 Å². The highest BCUT2D eigenvalue weighted by Crippen LogP contribution is 2.17. The van der Waals surface area contributed by atoms with Gasteiger partial charge in [-0.05, 0) is 31.9 Å². The van der Waals surface area contributed by atoms with Crippen LogP contribution in [0.15, 0.2) is 23.3 Å². The lowest BCUT2D eigenvalue weighted by molar-refractivity contribution is 0.952. The summed E-state index contributed by atoms with van der Waals surface area (Å²) in [7, 11) is 0. The van der Waals surface area contributed by atoms with Gasteiger partial charge in [-0.25, -0.2) is 4.98 Å². The van der Waals surface area contributed by atoms with Crippen LogP contribution in [0, 0.1) is 13.8 Å². The number of nitrogens with one attached hydrogen (secondary N) is 1. The first-order valence-corrected chi connectivity index (χ1v) is 5.64. The summed E-state index contributed by atoms with van der Waals surface area (Å²) in [6, 6.07) is 1.90. The number of hydrogen-bond donors (Lipinski definition) is 1. The van der Waals surface area contributed by atoms with Crippen molar-refractivity contribution in [3.8, 4) is 11.4 Å². The third kappa shape index (κ3) is 2.11. The zero-order chi connectivity index (χ0) is 12.4. The number of hydrogen-bond acceptors (Lipinski definition) is 3. The van der Waals surface area contributed by atoms with Crippen molar-refractivity contribution >= 4 is 0 Å². The lowest BCUT2D eigenvalue weighted by atomic mass is 10.1. The molecule has 0 aliphatic rings. The van der Waals surface area contributed by atoms with Crippen LogP contribution in [0.5, 0.6) is 0 Å². The fourth-order valence-electron chi connectivity index (χ4n) is 1.76. The molecule has 1 N–H and O–H groups in total. The van der Waals surface area contributed by atoms with Crippen LogP contribution < -0.4 is 5.56 Å². The molecule has 4 nitrogen and oxygen atoms in total. The molecule has 4 heteroatoms. The summed E-state index contributed by atoms with van der Waals surface area (Å²) in [6.45, 7) is 5.77. The number of aromatic amines is 1. The first kappa shape index (κ1) is 11.5. The maximum absolute atomic E-state index is 11.8. The second-order valence-electron chi connectivity index (χ2n) is 4.03. The molecule has 2 heterocycles. The largest absolute Gasteiger partial charge is 0.306 e. The maximum Gasteiger partial charge on any atom is 0.254 e. The second kappa shape index (κ2) is 4.49. The minimum atomic E-state index is -0.0740. The Morgan fingerprint density at radius 1 is 1.35 bits per heavy atom. The fourth-order valence-corrected chi connectivity index (χ4v) is 1.76. The van der Waals surface area contributed by atoms with Crippen molar-refractivity contribution in [1.29, 1.82) is 0 Å². The highest BCUT2D eigenvalue weighted by atomic mass is 16.1. The summed E-state index contributed by atoms with van der Waals surface area (Å²) >= 11 is 0. The van der Waals surface area contributed by atoms with Gasteiger partial charge >= 0.3 is 0 Å². The van der Waals surface area contributed by atoms with Gasteiger partial charge in [0.1, 0.15) is 5.82 Å². The maximum atomic E-state index is 11.8. The molecule has 2 aromatic heterocycles. The summed E-state index contributed by atoms with van der Waals surface area (Å²) in [5.41, 5.74) is 3.38. The third-order valence-electron chi connectivity index (χ3n) is 2.88. The van der Waals surface area contributed by atoms with Crippen LogP contribution in [0.25, 0.3) is 11.4 Å². The molecule has 17 heavy (non-hydrogen) atoms. The van der Waals surface area contributed by atoms with E-state index in [1.54, 1.807) is 19.3 Å². The summed E-state index contributed by atoms with van der Waals surface area (Å²) in [5, 5.41) is 0. The topological polar surface area (TPSA) is 58.6 Å². The number of aromatic nitrogens is 3. The number of aryl methyl sites for hydroxylation is 2. The first-order valence-electron chi connectivity index (χ1n) is 5.64. The molecule has 0 bridgehead atoms. The van der Waals surface area contributed by atoms with E-state index in [4.69, 9.17) is 0 Å². The normalized spacial score (nSPS) is 10.5. The van der Waals surface area contributed by atoms with Crippen molar-refractivity contribution in [3.05, 3.63) is 45.6 Å². The van der Waals surface area contributed by atoms with Gasteiger partial charge in [-0.15, -0.1) is 0 Å². The zero-order valence-corrected chi connectivity index (χ0v) is 10.2. The van der Waals surface area contributed by atoms with Gasteiger partial charge in [0.2, 0.25) is 0 Å². The molecule has 0 unspecified atom stereocenters. The van der Waals surface area contributed by atoms with Crippen molar-refractivity contribution < 1.29 is 0 Å². The molecule has 0 aliphatic heterocycles. The summed E-state index contributed by atoms with van der Waals surface area (Å²) in [6.07, 6.45) is 4.20.